The van der Waals surface area contributed by atoms with Crippen LogP contribution in [-0.4, -0.2) is 30.5 Å². The number of sulfone groups is 1. The summed E-state index contributed by atoms with van der Waals surface area (Å²) in [6.07, 6.45) is 2.60. The van der Waals surface area contributed by atoms with E-state index in [9.17, 15) is 13.2 Å². The molecule has 0 unspecified atom stereocenters. The lowest BCUT2D eigenvalue weighted by Gasteiger charge is -1.98. The van der Waals surface area contributed by atoms with Crippen LogP contribution in [0.4, 0.5) is 5.69 Å². The first kappa shape index (κ1) is 14.8. The van der Waals surface area contributed by atoms with Gasteiger partial charge in [-0.25, -0.2) is 13.4 Å². The predicted molar refractivity (Wildman–Crippen MR) is 84.4 cm³/mol. The zero-order valence-electron chi connectivity index (χ0n) is 11.8. The Kier molecular flexibility index (Phi) is 3.34. The van der Waals surface area contributed by atoms with Gasteiger partial charge in [0.15, 0.2) is 14.9 Å². The Morgan fingerprint density at radius 2 is 2.05 bits per heavy atom. The molecule has 1 amide bonds. The number of nitrogens with one attached hydrogen (secondary N) is 2. The number of nitrogens with zero attached hydrogens (tertiary/aromatic N) is 1. The summed E-state index contributed by atoms with van der Waals surface area (Å²) in [4.78, 5) is 19.0. The van der Waals surface area contributed by atoms with Gasteiger partial charge in [-0.05, 0) is 31.2 Å². The quantitative estimate of drug-likeness (QED) is 0.822. The largest absolute Gasteiger partial charge is 0.341 e. The smallest absolute Gasteiger partial charge is 0.256 e. The number of amides is 1. The van der Waals surface area contributed by atoms with Crippen LogP contribution in [0.2, 0.25) is 5.02 Å². The van der Waals surface area contributed by atoms with Gasteiger partial charge in [0.1, 0.15) is 5.82 Å². The van der Waals surface area contributed by atoms with E-state index in [0.29, 0.717) is 33.4 Å². The van der Waals surface area contributed by atoms with E-state index >= 15 is 0 Å². The van der Waals surface area contributed by atoms with Gasteiger partial charge in [-0.15, -0.1) is 0 Å². The lowest BCUT2D eigenvalue weighted by molar-refractivity contribution is -0.110. The molecule has 1 aromatic carbocycles. The molecule has 0 saturated carbocycles. The zero-order chi connectivity index (χ0) is 16.1. The average molecular weight is 338 g/mol. The molecule has 114 valence electrons. The van der Waals surface area contributed by atoms with E-state index in [-0.39, 0.29) is 10.9 Å². The molecule has 2 aromatic rings. The van der Waals surface area contributed by atoms with Crippen LogP contribution >= 0.6 is 11.6 Å². The molecule has 1 aliphatic rings. The van der Waals surface area contributed by atoms with Crippen molar-refractivity contribution < 1.29 is 13.2 Å². The number of aryl methyl sites for hydroxylation is 1. The molecule has 0 aliphatic carbocycles. The Morgan fingerprint density at radius 3 is 2.68 bits per heavy atom. The highest BCUT2D eigenvalue weighted by molar-refractivity contribution is 7.90. The van der Waals surface area contributed by atoms with Gasteiger partial charge in [0.05, 0.1) is 11.3 Å². The van der Waals surface area contributed by atoms with E-state index in [1.165, 1.54) is 6.08 Å². The number of anilines is 1. The van der Waals surface area contributed by atoms with E-state index in [0.717, 1.165) is 6.26 Å². The summed E-state index contributed by atoms with van der Waals surface area (Å²) >= 11 is 5.96. The number of rotatable bonds is 2. The third-order valence-electron chi connectivity index (χ3n) is 3.26. The fraction of sp³-hybridized carbons (Fsp3) is 0.143. The number of carbonyl (C=O) groups is 1. The van der Waals surface area contributed by atoms with Crippen molar-refractivity contribution in [3.05, 3.63) is 40.3 Å². The van der Waals surface area contributed by atoms with Gasteiger partial charge in [0.2, 0.25) is 0 Å². The molecule has 0 spiro atoms. The summed E-state index contributed by atoms with van der Waals surface area (Å²) in [5, 5.41) is 3.20. The first-order chi connectivity index (χ1) is 10.3. The van der Waals surface area contributed by atoms with Crippen LogP contribution < -0.4 is 5.32 Å². The Balaban J connectivity index is 2.11. The number of halogens is 1. The summed E-state index contributed by atoms with van der Waals surface area (Å²) < 4.78 is 23.2. The van der Waals surface area contributed by atoms with Crippen LogP contribution in [0.15, 0.2) is 23.2 Å². The van der Waals surface area contributed by atoms with E-state index in [4.69, 9.17) is 11.6 Å². The highest BCUT2D eigenvalue weighted by atomic mass is 35.5. The van der Waals surface area contributed by atoms with Gasteiger partial charge in [-0.3, -0.25) is 4.79 Å². The lowest BCUT2D eigenvalue weighted by atomic mass is 10.1. The lowest BCUT2D eigenvalue weighted by Crippen LogP contribution is -2.03. The number of benzene rings is 1. The fourth-order valence-corrected chi connectivity index (χ4v) is 3.38. The van der Waals surface area contributed by atoms with Crippen molar-refractivity contribution in [1.82, 2.24) is 9.97 Å². The van der Waals surface area contributed by atoms with Crippen molar-refractivity contribution in [2.45, 2.75) is 11.9 Å². The number of aromatic nitrogens is 2. The van der Waals surface area contributed by atoms with Crippen LogP contribution in [0.25, 0.3) is 11.6 Å². The Hall–Kier alpha value is -2.12. The molecule has 8 heteroatoms. The average Bonchev–Trinajstić information content (AvgIpc) is 2.92. The van der Waals surface area contributed by atoms with E-state index in [1.54, 1.807) is 25.1 Å². The molecule has 2 N–H and O–H groups in total. The maximum atomic E-state index is 12.1. The molecule has 1 aromatic heterocycles. The first-order valence-electron chi connectivity index (χ1n) is 6.35. The van der Waals surface area contributed by atoms with Crippen molar-refractivity contribution in [3.63, 3.8) is 0 Å². The molecular weight excluding hydrogens is 326 g/mol. The number of aromatic amines is 1. The van der Waals surface area contributed by atoms with Crippen molar-refractivity contribution >= 4 is 44.7 Å². The molecule has 0 bridgehead atoms. The number of carbonyl (C=O) groups excluding carboxylic acids is 1. The van der Waals surface area contributed by atoms with E-state index < -0.39 is 9.84 Å². The number of fused-ring (bicyclic) bond motifs is 1. The van der Waals surface area contributed by atoms with E-state index in [2.05, 4.69) is 15.3 Å². The molecule has 6 nitrogen and oxygen atoms in total. The van der Waals surface area contributed by atoms with E-state index in [1.807, 2.05) is 0 Å². The Morgan fingerprint density at radius 1 is 1.32 bits per heavy atom. The number of hydrogen-bond acceptors (Lipinski definition) is 4. The molecule has 1 aliphatic heterocycles. The summed E-state index contributed by atoms with van der Waals surface area (Å²) in [7, 11) is -3.42. The highest BCUT2D eigenvalue weighted by Gasteiger charge is 2.25. The normalized spacial score (nSPS) is 16.0. The summed E-state index contributed by atoms with van der Waals surface area (Å²) in [6.45, 7) is 1.62. The standard InChI is InChI=1S/C14H12ClN3O3S/c1-7-14(22(2,20)21)18-12(16-7)6-10-9-5-8(15)3-4-11(9)17-13(10)19/h3-6H,1-2H3,(H,16,18)(H,17,19)/b10-6-. The van der Waals surface area contributed by atoms with Crippen LogP contribution in [0.3, 0.4) is 0 Å². The predicted octanol–water partition coefficient (Wildman–Crippen LogP) is 2.27. The van der Waals surface area contributed by atoms with Gasteiger partial charge in [-0.2, -0.15) is 0 Å². The summed E-state index contributed by atoms with van der Waals surface area (Å²) in [6, 6.07) is 5.07. The zero-order valence-corrected chi connectivity index (χ0v) is 13.3. The molecule has 3 rings (SSSR count). The second-order valence-electron chi connectivity index (χ2n) is 5.03. The SMILES string of the molecule is Cc1[nH]c(/C=C2\C(=O)Nc3ccc(Cl)cc32)nc1S(C)(=O)=O. The van der Waals surface area contributed by atoms with Crippen molar-refractivity contribution in [1.29, 1.82) is 0 Å². The molecule has 0 fully saturated rings. The number of imidazole rings is 1. The minimum Gasteiger partial charge on any atom is -0.341 e. The molecule has 22 heavy (non-hydrogen) atoms. The fourth-order valence-electron chi connectivity index (χ4n) is 2.34. The minimum atomic E-state index is -3.42. The first-order valence-corrected chi connectivity index (χ1v) is 8.62. The van der Waals surface area contributed by atoms with Crippen molar-refractivity contribution in [2.24, 2.45) is 0 Å². The van der Waals surface area contributed by atoms with Crippen molar-refractivity contribution in [3.8, 4) is 0 Å². The number of hydrogen-bond donors (Lipinski definition) is 2. The molecule has 2 heterocycles. The third-order valence-corrected chi connectivity index (χ3v) is 4.59. The number of H-pyrrole nitrogens is 1. The minimum absolute atomic E-state index is 0.0240. The second-order valence-corrected chi connectivity index (χ2v) is 7.39. The van der Waals surface area contributed by atoms with Crippen LogP contribution in [0, 0.1) is 6.92 Å². The summed E-state index contributed by atoms with van der Waals surface area (Å²) in [5.41, 5.74) is 2.13. The molecule has 0 radical (unpaired) electrons. The topological polar surface area (TPSA) is 91.9 Å². The Labute approximate surface area is 132 Å². The highest BCUT2D eigenvalue weighted by Crippen LogP contribution is 2.34. The molecular formula is C14H12ClN3O3S. The van der Waals surface area contributed by atoms with Gasteiger partial charge in [-0.1, -0.05) is 11.6 Å². The maximum Gasteiger partial charge on any atom is 0.256 e. The maximum absolute atomic E-state index is 12.1. The van der Waals surface area contributed by atoms with Crippen molar-refractivity contribution in [2.75, 3.05) is 11.6 Å². The van der Waals surface area contributed by atoms with Gasteiger partial charge >= 0.3 is 0 Å². The third kappa shape index (κ3) is 2.53. The van der Waals surface area contributed by atoms with Gasteiger partial charge in [0, 0.05) is 22.5 Å². The molecule has 0 saturated heterocycles. The summed E-state index contributed by atoms with van der Waals surface area (Å²) in [5.74, 6) is 0.0168. The Bertz CT molecular complexity index is 929. The van der Waals surface area contributed by atoms with Crippen LogP contribution in [0.5, 0.6) is 0 Å². The second kappa shape index (κ2) is 4.96. The molecule has 0 atom stereocenters. The van der Waals surface area contributed by atoms with Gasteiger partial charge < -0.3 is 10.3 Å². The van der Waals surface area contributed by atoms with Crippen LogP contribution in [-0.2, 0) is 14.6 Å². The van der Waals surface area contributed by atoms with Gasteiger partial charge in [0.25, 0.3) is 5.91 Å². The monoisotopic (exact) mass is 337 g/mol. The van der Waals surface area contributed by atoms with Crippen LogP contribution in [0.1, 0.15) is 17.1 Å².